The van der Waals surface area contributed by atoms with Crippen LogP contribution in [0.15, 0.2) is 15.0 Å². The Morgan fingerprint density at radius 3 is 2.89 bits per heavy atom. The van der Waals surface area contributed by atoms with Crippen molar-refractivity contribution >= 4 is 24.8 Å². The summed E-state index contributed by atoms with van der Waals surface area (Å²) >= 11 is 0. The monoisotopic (exact) mass is 392 g/mol. The molecule has 0 saturated carbocycles. The Kier molecular flexibility index (Phi) is 5.21. The predicted molar refractivity (Wildman–Crippen MR) is 103 cm³/mol. The average Bonchev–Trinajstić information content (AvgIpc) is 3.28. The number of nitrogens with two attached hydrogens (primary N) is 1. The number of carbonyl (C=O) groups is 1. The van der Waals surface area contributed by atoms with Gasteiger partial charge in [0.2, 0.25) is 0 Å². The predicted octanol–water partition coefficient (Wildman–Crippen LogP) is -0.420. The van der Waals surface area contributed by atoms with Crippen molar-refractivity contribution < 1.29 is 19.0 Å². The van der Waals surface area contributed by atoms with Crippen LogP contribution in [-0.2, 0) is 19.0 Å². The first-order chi connectivity index (χ1) is 13.4. The molecule has 0 aromatic carbocycles. The molecule has 2 fully saturated rings. The molecule has 2 N–H and O–H groups in total. The third-order valence-electron chi connectivity index (χ3n) is 5.45. The van der Waals surface area contributed by atoms with Crippen LogP contribution in [-0.4, -0.2) is 97.3 Å². The second kappa shape index (κ2) is 7.51. The van der Waals surface area contributed by atoms with Gasteiger partial charge < -0.3 is 34.5 Å². The quantitative estimate of drug-likeness (QED) is 0.462. The molecule has 10 nitrogen and oxygen atoms in total. The Bertz CT molecular complexity index is 696. The number of rotatable bonds is 7. The van der Waals surface area contributed by atoms with Gasteiger partial charge in [0.15, 0.2) is 18.2 Å². The summed E-state index contributed by atoms with van der Waals surface area (Å²) in [4.78, 5) is 27.6. The van der Waals surface area contributed by atoms with Gasteiger partial charge >= 0.3 is 0 Å². The molecule has 0 aliphatic carbocycles. The number of nitrogens with zero attached hydrogens (tertiary/aromatic N) is 5. The lowest BCUT2D eigenvalue weighted by molar-refractivity contribution is -0.202. The molecule has 0 bridgehead atoms. The molecular weight excluding hydrogens is 364 g/mol. The topological polar surface area (TPSA) is 114 Å². The number of unbranched alkanes of at least 4 members (excludes halogenated alkanes) is 1. The number of hydrogen-bond donors (Lipinski definition) is 1. The Balaban J connectivity index is 1.48. The molecule has 2 saturated heterocycles. The van der Waals surface area contributed by atoms with Crippen molar-refractivity contribution in [2.45, 2.75) is 69.2 Å². The van der Waals surface area contributed by atoms with Gasteiger partial charge in [0, 0.05) is 13.0 Å². The summed E-state index contributed by atoms with van der Waals surface area (Å²) in [5.74, 6) is -0.234. The number of likely N-dealkylation sites (N-methyl/N-ethyl adjacent to an activating group) is 1. The summed E-state index contributed by atoms with van der Waals surface area (Å²) in [6, 6.07) is -0.299. The lowest BCUT2D eigenvalue weighted by Crippen LogP contribution is -2.51. The first-order valence-corrected chi connectivity index (χ1v) is 9.68. The zero-order valence-corrected chi connectivity index (χ0v) is 16.5. The number of aliphatic imine (C=N–C) groups is 3. The fourth-order valence-corrected chi connectivity index (χ4v) is 4.19. The summed E-state index contributed by atoms with van der Waals surface area (Å²) in [5.41, 5.74) is 5.97. The molecule has 0 aromatic heterocycles. The smallest absolute Gasteiger partial charge is 0.164 e. The number of amidine groups is 1. The highest BCUT2D eigenvalue weighted by atomic mass is 16.8. The van der Waals surface area contributed by atoms with Gasteiger partial charge in [-0.2, -0.15) is 0 Å². The summed E-state index contributed by atoms with van der Waals surface area (Å²) in [6.45, 7) is 5.33. The van der Waals surface area contributed by atoms with Crippen molar-refractivity contribution in [2.75, 3.05) is 20.1 Å². The third kappa shape index (κ3) is 3.57. The molecule has 154 valence electrons. The lowest BCUT2D eigenvalue weighted by atomic mass is 10.1. The Morgan fingerprint density at radius 2 is 2.11 bits per heavy atom. The van der Waals surface area contributed by atoms with E-state index in [0.717, 1.165) is 19.3 Å². The molecule has 6 atom stereocenters. The fraction of sp³-hybridized carbons (Fsp3) is 0.778. The van der Waals surface area contributed by atoms with Crippen LogP contribution >= 0.6 is 0 Å². The maximum Gasteiger partial charge on any atom is 0.164 e. The molecule has 0 spiro atoms. The van der Waals surface area contributed by atoms with Gasteiger partial charge in [-0.05, 0) is 33.9 Å². The third-order valence-corrected chi connectivity index (χ3v) is 5.45. The minimum atomic E-state index is -0.682. The van der Waals surface area contributed by atoms with E-state index in [0.29, 0.717) is 18.8 Å². The van der Waals surface area contributed by atoms with Gasteiger partial charge in [-0.25, -0.2) is 9.98 Å². The molecule has 0 aromatic rings. The number of carbonyl (C=O) groups excluding carboxylic acids is 1. The average molecular weight is 392 g/mol. The number of aldehydes is 1. The van der Waals surface area contributed by atoms with Crippen LogP contribution in [0.25, 0.3) is 0 Å². The van der Waals surface area contributed by atoms with E-state index >= 15 is 0 Å². The minimum Gasteiger partial charge on any atom is -0.385 e. The van der Waals surface area contributed by atoms with Crippen LogP contribution in [0.5, 0.6) is 0 Å². The molecule has 0 amide bonds. The van der Waals surface area contributed by atoms with E-state index in [1.165, 1.54) is 6.34 Å². The van der Waals surface area contributed by atoms with E-state index < -0.39 is 5.79 Å². The van der Waals surface area contributed by atoms with Gasteiger partial charge in [0.25, 0.3) is 0 Å². The standard InChI is InChI=1S/C18H28N6O4/c1-18(2)27-13-11(8-23(3)6-4-5-7-25)26-17(14(13)28-18)24-10-22-12-15(19)20-9-21-16(12)24/h7,9-14,16-17H,4-6,8H2,1-3H3,(H2,19,20,21)/t11?,12?,13-,14-,16?,17?/m1/s1. The Morgan fingerprint density at radius 1 is 1.32 bits per heavy atom. The highest BCUT2D eigenvalue weighted by molar-refractivity contribution is 5.96. The number of fused-ring (bicyclic) bond motifs is 2. The second-order valence-electron chi connectivity index (χ2n) is 8.09. The molecule has 4 aliphatic heterocycles. The van der Waals surface area contributed by atoms with Gasteiger partial charge in [-0.15, -0.1) is 0 Å². The van der Waals surface area contributed by atoms with Gasteiger partial charge in [0.05, 0.1) is 6.34 Å². The highest BCUT2D eigenvalue weighted by Gasteiger charge is 2.58. The van der Waals surface area contributed by atoms with Crippen molar-refractivity contribution in [1.82, 2.24) is 9.80 Å². The van der Waals surface area contributed by atoms with Gasteiger partial charge in [-0.3, -0.25) is 4.99 Å². The first kappa shape index (κ1) is 19.4. The van der Waals surface area contributed by atoms with Crippen molar-refractivity contribution in [2.24, 2.45) is 20.7 Å². The van der Waals surface area contributed by atoms with Gasteiger partial charge in [-0.1, -0.05) is 0 Å². The van der Waals surface area contributed by atoms with Crippen LogP contribution < -0.4 is 5.73 Å². The lowest BCUT2D eigenvalue weighted by Gasteiger charge is -2.33. The Labute approximate surface area is 164 Å². The molecular formula is C18H28N6O4. The van der Waals surface area contributed by atoms with Gasteiger partial charge in [0.1, 0.15) is 42.8 Å². The van der Waals surface area contributed by atoms with Crippen molar-refractivity contribution in [1.29, 1.82) is 0 Å². The van der Waals surface area contributed by atoms with Crippen molar-refractivity contribution in [3.8, 4) is 0 Å². The largest absolute Gasteiger partial charge is 0.385 e. The number of ether oxygens (including phenoxy) is 3. The van der Waals surface area contributed by atoms with E-state index in [1.807, 2.05) is 25.8 Å². The molecule has 4 aliphatic rings. The highest BCUT2D eigenvalue weighted by Crippen LogP contribution is 2.41. The maximum atomic E-state index is 10.6. The van der Waals surface area contributed by atoms with Crippen LogP contribution in [0, 0.1) is 0 Å². The van der Waals surface area contributed by atoms with Crippen LogP contribution in [0.4, 0.5) is 0 Å². The molecule has 0 radical (unpaired) electrons. The van der Waals surface area contributed by atoms with E-state index in [9.17, 15) is 4.79 Å². The van der Waals surface area contributed by atoms with E-state index in [2.05, 4.69) is 19.9 Å². The second-order valence-corrected chi connectivity index (χ2v) is 8.09. The van der Waals surface area contributed by atoms with E-state index in [-0.39, 0.29) is 36.7 Å². The molecule has 4 unspecified atom stereocenters. The van der Waals surface area contributed by atoms with Crippen LogP contribution in [0.2, 0.25) is 0 Å². The first-order valence-electron chi connectivity index (χ1n) is 9.68. The fourth-order valence-electron chi connectivity index (χ4n) is 4.19. The molecule has 28 heavy (non-hydrogen) atoms. The van der Waals surface area contributed by atoms with E-state index in [4.69, 9.17) is 19.9 Å². The van der Waals surface area contributed by atoms with Crippen LogP contribution in [0.1, 0.15) is 26.7 Å². The summed E-state index contributed by atoms with van der Waals surface area (Å²) < 4.78 is 18.7. The normalized spacial score (nSPS) is 38.0. The Hall–Kier alpha value is -1.88. The summed E-state index contributed by atoms with van der Waals surface area (Å²) in [7, 11) is 2.02. The maximum absolute atomic E-state index is 10.6. The SMILES string of the molecule is CN(CCCC=O)CC1OC(N2C=NC3C(N)=NC=NC32)[C@@H]2OC(C)(C)O[C@H]12. The van der Waals surface area contributed by atoms with Crippen LogP contribution in [0.3, 0.4) is 0 Å². The van der Waals surface area contributed by atoms with Crippen molar-refractivity contribution in [3.05, 3.63) is 0 Å². The minimum absolute atomic E-state index is 0.163. The van der Waals surface area contributed by atoms with E-state index in [1.54, 1.807) is 6.34 Å². The van der Waals surface area contributed by atoms with Crippen molar-refractivity contribution in [3.63, 3.8) is 0 Å². The zero-order valence-electron chi connectivity index (χ0n) is 16.5. The molecule has 4 heterocycles. The summed E-state index contributed by atoms with van der Waals surface area (Å²) in [5, 5.41) is 0. The number of hydrogen-bond acceptors (Lipinski definition) is 10. The summed E-state index contributed by atoms with van der Waals surface area (Å²) in [6.07, 6.45) is 4.26. The molecule has 4 rings (SSSR count). The molecule has 10 heteroatoms. The zero-order chi connectivity index (χ0) is 19.9.